The van der Waals surface area contributed by atoms with Gasteiger partial charge < -0.3 is 15.8 Å². The van der Waals surface area contributed by atoms with Crippen molar-refractivity contribution in [2.45, 2.75) is 40.2 Å². The summed E-state index contributed by atoms with van der Waals surface area (Å²) in [6, 6.07) is 4.53. The first-order chi connectivity index (χ1) is 9.25. The van der Waals surface area contributed by atoms with Crippen molar-refractivity contribution in [3.63, 3.8) is 0 Å². The lowest BCUT2D eigenvalue weighted by molar-refractivity contribution is -0.119. The van der Waals surface area contributed by atoms with Crippen LogP contribution in [0.25, 0.3) is 0 Å². The minimum Gasteiger partial charge on any atom is -0.491 e. The van der Waals surface area contributed by atoms with Crippen molar-refractivity contribution in [3.8, 4) is 5.75 Å². The number of hydrogen-bond donors (Lipinski definition) is 2. The number of rotatable bonds is 5. The van der Waals surface area contributed by atoms with Crippen LogP contribution in [0.1, 0.15) is 34.1 Å². The molecule has 20 heavy (non-hydrogen) atoms. The van der Waals surface area contributed by atoms with Crippen LogP contribution >= 0.6 is 11.6 Å². The Hall–Kier alpha value is -1.26. The summed E-state index contributed by atoms with van der Waals surface area (Å²) in [6.07, 6.45) is 0.886. The smallest absolute Gasteiger partial charge is 0.241 e. The fraction of sp³-hybridized carbons (Fsp3) is 0.533. The van der Waals surface area contributed by atoms with E-state index in [4.69, 9.17) is 22.1 Å². The van der Waals surface area contributed by atoms with Gasteiger partial charge in [-0.1, -0.05) is 39.3 Å². The van der Waals surface area contributed by atoms with E-state index in [0.717, 1.165) is 6.42 Å². The summed E-state index contributed by atoms with van der Waals surface area (Å²) in [7, 11) is 0. The molecule has 4 nitrogen and oxygen atoms in total. The topological polar surface area (TPSA) is 64.3 Å². The molecule has 0 saturated carbocycles. The molecule has 0 heterocycles. The van der Waals surface area contributed by atoms with Crippen molar-refractivity contribution in [1.82, 2.24) is 0 Å². The highest BCUT2D eigenvalue weighted by Gasteiger charge is 2.28. The summed E-state index contributed by atoms with van der Waals surface area (Å²) in [4.78, 5) is 12.2. The summed E-state index contributed by atoms with van der Waals surface area (Å²) >= 11 is 5.97. The normalized spacial score (nSPS) is 12.9. The van der Waals surface area contributed by atoms with Crippen LogP contribution in [-0.4, -0.2) is 18.6 Å². The Balaban J connectivity index is 2.90. The molecule has 0 spiro atoms. The van der Waals surface area contributed by atoms with Gasteiger partial charge in [-0.3, -0.25) is 4.79 Å². The highest BCUT2D eigenvalue weighted by Crippen LogP contribution is 2.29. The zero-order chi connectivity index (χ0) is 15.3. The van der Waals surface area contributed by atoms with Gasteiger partial charge in [-0.25, -0.2) is 0 Å². The Morgan fingerprint density at radius 3 is 2.65 bits per heavy atom. The first kappa shape index (κ1) is 16.8. The summed E-state index contributed by atoms with van der Waals surface area (Å²) in [5.41, 5.74) is 6.18. The number of hydrogen-bond acceptors (Lipinski definition) is 3. The van der Waals surface area contributed by atoms with Gasteiger partial charge in [-0.05, 0) is 30.0 Å². The van der Waals surface area contributed by atoms with Gasteiger partial charge in [0, 0.05) is 5.02 Å². The van der Waals surface area contributed by atoms with E-state index in [-0.39, 0.29) is 11.3 Å². The van der Waals surface area contributed by atoms with E-state index >= 15 is 0 Å². The van der Waals surface area contributed by atoms with E-state index in [2.05, 4.69) is 5.32 Å². The third-order valence-electron chi connectivity index (χ3n) is 2.88. The molecule has 3 N–H and O–H groups in total. The Morgan fingerprint density at radius 1 is 1.45 bits per heavy atom. The van der Waals surface area contributed by atoms with Crippen LogP contribution in [0.2, 0.25) is 5.02 Å². The van der Waals surface area contributed by atoms with Gasteiger partial charge in [-0.2, -0.15) is 0 Å². The largest absolute Gasteiger partial charge is 0.491 e. The molecule has 0 aliphatic heterocycles. The second-order valence-corrected chi connectivity index (χ2v) is 6.26. The second kappa shape index (κ2) is 6.95. The fourth-order valence-corrected chi connectivity index (χ4v) is 1.71. The van der Waals surface area contributed by atoms with E-state index in [1.165, 1.54) is 0 Å². The minimum absolute atomic E-state index is 0.249. The number of carbonyl (C=O) groups is 1. The van der Waals surface area contributed by atoms with Gasteiger partial charge in [-0.15, -0.1) is 0 Å². The van der Waals surface area contributed by atoms with E-state index in [9.17, 15) is 4.79 Å². The molecular weight excluding hydrogens is 276 g/mol. The number of ether oxygens (including phenoxy) is 1. The number of nitrogens with two attached hydrogens (primary N) is 1. The average molecular weight is 299 g/mol. The number of anilines is 1. The maximum absolute atomic E-state index is 12.2. The number of nitrogens with one attached hydrogen (secondary N) is 1. The molecule has 1 rings (SSSR count). The molecule has 1 atom stereocenters. The molecule has 0 unspecified atom stereocenters. The fourth-order valence-electron chi connectivity index (χ4n) is 1.54. The zero-order valence-corrected chi connectivity index (χ0v) is 13.3. The second-order valence-electron chi connectivity index (χ2n) is 5.82. The summed E-state index contributed by atoms with van der Waals surface area (Å²) in [5, 5.41) is 3.33. The van der Waals surface area contributed by atoms with Gasteiger partial charge in [0.25, 0.3) is 0 Å². The number of amides is 1. The maximum atomic E-state index is 12.2. The van der Waals surface area contributed by atoms with Gasteiger partial charge >= 0.3 is 0 Å². The van der Waals surface area contributed by atoms with E-state index in [0.29, 0.717) is 23.1 Å². The van der Waals surface area contributed by atoms with Crippen LogP contribution in [0.5, 0.6) is 5.75 Å². The molecular formula is C15H23ClN2O2. The Labute approximate surface area is 125 Å². The first-order valence-corrected chi connectivity index (χ1v) is 7.12. The third-order valence-corrected chi connectivity index (χ3v) is 3.11. The Kier molecular flexibility index (Phi) is 5.84. The van der Waals surface area contributed by atoms with Crippen LogP contribution < -0.4 is 15.8 Å². The maximum Gasteiger partial charge on any atom is 0.241 e. The van der Waals surface area contributed by atoms with Crippen molar-refractivity contribution in [3.05, 3.63) is 23.2 Å². The highest BCUT2D eigenvalue weighted by atomic mass is 35.5. The molecule has 0 bridgehead atoms. The van der Waals surface area contributed by atoms with Crippen molar-refractivity contribution in [1.29, 1.82) is 0 Å². The van der Waals surface area contributed by atoms with Crippen molar-refractivity contribution >= 4 is 23.2 Å². The van der Waals surface area contributed by atoms with Gasteiger partial charge in [0.2, 0.25) is 5.91 Å². The molecule has 1 aromatic carbocycles. The molecule has 112 valence electrons. The molecule has 0 saturated heterocycles. The third kappa shape index (κ3) is 4.69. The molecule has 0 fully saturated rings. The Bertz CT molecular complexity index is 469. The van der Waals surface area contributed by atoms with Gasteiger partial charge in [0.05, 0.1) is 18.3 Å². The predicted octanol–water partition coefficient (Wildman–Crippen LogP) is 3.44. The number of benzene rings is 1. The molecule has 5 heteroatoms. The van der Waals surface area contributed by atoms with Crippen LogP contribution in [-0.2, 0) is 4.79 Å². The quantitative estimate of drug-likeness (QED) is 0.875. The van der Waals surface area contributed by atoms with Crippen LogP contribution in [0, 0.1) is 5.41 Å². The van der Waals surface area contributed by atoms with E-state index < -0.39 is 6.04 Å². The SMILES string of the molecule is CCCOc1ccc(Cl)cc1NC(=O)[C@H](N)C(C)(C)C. The average Bonchev–Trinajstić information content (AvgIpc) is 2.35. The summed E-state index contributed by atoms with van der Waals surface area (Å²) in [6.45, 7) is 8.36. The van der Waals surface area contributed by atoms with Gasteiger partial charge in [0.15, 0.2) is 0 Å². The summed E-state index contributed by atoms with van der Waals surface area (Å²) < 4.78 is 5.59. The lowest BCUT2D eigenvalue weighted by atomic mass is 9.87. The lowest BCUT2D eigenvalue weighted by Gasteiger charge is -2.26. The zero-order valence-electron chi connectivity index (χ0n) is 12.5. The van der Waals surface area contributed by atoms with Crippen molar-refractivity contribution in [2.24, 2.45) is 11.1 Å². The minimum atomic E-state index is -0.611. The van der Waals surface area contributed by atoms with Crippen LogP contribution in [0.4, 0.5) is 5.69 Å². The van der Waals surface area contributed by atoms with Crippen LogP contribution in [0.3, 0.4) is 0 Å². The Morgan fingerprint density at radius 2 is 2.10 bits per heavy atom. The highest BCUT2D eigenvalue weighted by molar-refractivity contribution is 6.31. The van der Waals surface area contributed by atoms with Gasteiger partial charge in [0.1, 0.15) is 5.75 Å². The molecule has 1 amide bonds. The summed E-state index contributed by atoms with van der Waals surface area (Å²) in [5.74, 6) is 0.354. The number of halogens is 1. The van der Waals surface area contributed by atoms with Crippen molar-refractivity contribution < 1.29 is 9.53 Å². The molecule has 0 aromatic heterocycles. The van der Waals surface area contributed by atoms with E-state index in [1.807, 2.05) is 27.7 Å². The molecule has 1 aromatic rings. The van der Waals surface area contributed by atoms with Crippen molar-refractivity contribution in [2.75, 3.05) is 11.9 Å². The van der Waals surface area contributed by atoms with Crippen LogP contribution in [0.15, 0.2) is 18.2 Å². The molecule has 0 aliphatic carbocycles. The predicted molar refractivity (Wildman–Crippen MR) is 83.3 cm³/mol. The molecule has 0 radical (unpaired) electrons. The number of carbonyl (C=O) groups excluding carboxylic acids is 1. The standard InChI is InChI=1S/C15H23ClN2O2/c1-5-8-20-12-7-6-10(16)9-11(12)18-14(19)13(17)15(2,3)4/h6-7,9,13H,5,8,17H2,1-4H3,(H,18,19)/t13-/m0/s1. The molecule has 0 aliphatic rings. The van der Waals surface area contributed by atoms with E-state index in [1.54, 1.807) is 18.2 Å². The lowest BCUT2D eigenvalue weighted by Crippen LogP contribution is -2.45. The first-order valence-electron chi connectivity index (χ1n) is 6.74. The monoisotopic (exact) mass is 298 g/mol.